The lowest BCUT2D eigenvalue weighted by atomic mass is 10.2. The molecule has 26 heavy (non-hydrogen) atoms. The number of nitrogens with one attached hydrogen (secondary N) is 1. The summed E-state index contributed by atoms with van der Waals surface area (Å²) < 4.78 is 39.4. The maximum Gasteiger partial charge on any atom is 0.433 e. The third-order valence-corrected chi connectivity index (χ3v) is 3.49. The standard InChI is InChI=1S/C16H13F3N4O3/c17-16(18,19)13-3-1-2-12(21-13)15(26)20-10-4-5-11-9(6-10)7-23(22-11)8-14(24)25/h1-7,15,20,26H,8H2,(H,24,25). The van der Waals surface area contributed by atoms with Gasteiger partial charge in [-0.15, -0.1) is 0 Å². The van der Waals surface area contributed by atoms with Crippen LogP contribution in [0.3, 0.4) is 0 Å². The van der Waals surface area contributed by atoms with E-state index in [1.54, 1.807) is 18.2 Å². The van der Waals surface area contributed by atoms with Crippen molar-refractivity contribution in [3.63, 3.8) is 0 Å². The largest absolute Gasteiger partial charge is 0.480 e. The number of carboxylic acid groups (broad SMARTS) is 1. The second-order valence-electron chi connectivity index (χ2n) is 5.49. The Morgan fingerprint density at radius 1 is 1.27 bits per heavy atom. The molecule has 136 valence electrons. The smallest absolute Gasteiger partial charge is 0.433 e. The molecule has 0 amide bonds. The number of aromatic nitrogens is 3. The molecule has 0 aliphatic rings. The number of benzene rings is 1. The third kappa shape index (κ3) is 3.91. The van der Waals surface area contributed by atoms with Crippen LogP contribution in [-0.2, 0) is 17.5 Å². The number of nitrogens with zero attached hydrogens (tertiary/aromatic N) is 3. The number of hydrogen-bond acceptors (Lipinski definition) is 5. The molecule has 3 rings (SSSR count). The van der Waals surface area contributed by atoms with Gasteiger partial charge in [-0.25, -0.2) is 4.98 Å². The van der Waals surface area contributed by atoms with Crippen LogP contribution in [0.2, 0.25) is 0 Å². The van der Waals surface area contributed by atoms with Gasteiger partial charge in [0.25, 0.3) is 0 Å². The highest BCUT2D eigenvalue weighted by atomic mass is 19.4. The topological polar surface area (TPSA) is 100 Å². The van der Waals surface area contributed by atoms with Crippen molar-refractivity contribution in [2.75, 3.05) is 5.32 Å². The second kappa shape index (κ2) is 6.64. The molecule has 1 aromatic carbocycles. The normalized spacial score (nSPS) is 12.9. The van der Waals surface area contributed by atoms with Crippen LogP contribution in [0.4, 0.5) is 18.9 Å². The first-order valence-corrected chi connectivity index (χ1v) is 7.40. The lowest BCUT2D eigenvalue weighted by Crippen LogP contribution is -2.15. The number of aliphatic carboxylic acids is 1. The van der Waals surface area contributed by atoms with Crippen molar-refractivity contribution in [1.29, 1.82) is 0 Å². The number of pyridine rings is 1. The van der Waals surface area contributed by atoms with Crippen LogP contribution in [0.15, 0.2) is 42.6 Å². The number of alkyl halides is 3. The van der Waals surface area contributed by atoms with Gasteiger partial charge in [0, 0.05) is 17.3 Å². The summed E-state index contributed by atoms with van der Waals surface area (Å²) >= 11 is 0. The number of carboxylic acids is 1. The molecule has 1 unspecified atom stereocenters. The van der Waals surface area contributed by atoms with E-state index >= 15 is 0 Å². The van der Waals surface area contributed by atoms with Crippen molar-refractivity contribution in [2.45, 2.75) is 18.9 Å². The molecule has 3 aromatic rings. The van der Waals surface area contributed by atoms with Gasteiger partial charge in [0.05, 0.1) is 11.2 Å². The van der Waals surface area contributed by atoms with Crippen LogP contribution in [0.5, 0.6) is 0 Å². The Labute approximate surface area is 144 Å². The number of carbonyl (C=O) groups is 1. The fourth-order valence-corrected chi connectivity index (χ4v) is 2.38. The van der Waals surface area contributed by atoms with Crippen LogP contribution >= 0.6 is 0 Å². The molecule has 0 aliphatic heterocycles. The average Bonchev–Trinajstić information content (AvgIpc) is 2.94. The van der Waals surface area contributed by atoms with Crippen LogP contribution < -0.4 is 5.32 Å². The van der Waals surface area contributed by atoms with Crippen LogP contribution in [-0.4, -0.2) is 30.9 Å². The van der Waals surface area contributed by atoms with Gasteiger partial charge in [-0.2, -0.15) is 18.3 Å². The number of hydrogen-bond donors (Lipinski definition) is 3. The summed E-state index contributed by atoms with van der Waals surface area (Å²) in [7, 11) is 0. The van der Waals surface area contributed by atoms with Gasteiger partial charge in [-0.3, -0.25) is 9.48 Å². The zero-order valence-electron chi connectivity index (χ0n) is 13.1. The first kappa shape index (κ1) is 17.7. The van der Waals surface area contributed by atoms with Crippen molar-refractivity contribution in [3.8, 4) is 0 Å². The molecular formula is C16H13F3N4O3. The van der Waals surface area contributed by atoms with Gasteiger partial charge in [-0.1, -0.05) is 6.07 Å². The van der Waals surface area contributed by atoms with Crippen LogP contribution in [0.1, 0.15) is 17.6 Å². The second-order valence-corrected chi connectivity index (χ2v) is 5.49. The van der Waals surface area contributed by atoms with E-state index in [4.69, 9.17) is 5.11 Å². The van der Waals surface area contributed by atoms with Crippen LogP contribution in [0.25, 0.3) is 10.9 Å². The van der Waals surface area contributed by atoms with Crippen molar-refractivity contribution in [1.82, 2.24) is 14.8 Å². The first-order chi connectivity index (χ1) is 12.2. The van der Waals surface area contributed by atoms with Gasteiger partial charge < -0.3 is 15.5 Å². The number of fused-ring (bicyclic) bond motifs is 1. The van der Waals surface area contributed by atoms with E-state index < -0.39 is 24.1 Å². The highest BCUT2D eigenvalue weighted by Gasteiger charge is 2.32. The molecule has 0 aliphatic carbocycles. The predicted molar refractivity (Wildman–Crippen MR) is 85.2 cm³/mol. The monoisotopic (exact) mass is 366 g/mol. The zero-order chi connectivity index (χ0) is 18.9. The average molecular weight is 366 g/mol. The van der Waals surface area contributed by atoms with Gasteiger partial charge in [0.2, 0.25) is 0 Å². The fraction of sp³-hybridized carbons (Fsp3) is 0.188. The van der Waals surface area contributed by atoms with E-state index in [1.807, 2.05) is 0 Å². The number of aliphatic hydroxyl groups is 1. The van der Waals surface area contributed by atoms with Crippen molar-refractivity contribution < 1.29 is 28.2 Å². The molecule has 1 atom stereocenters. The molecule has 2 aromatic heterocycles. The lowest BCUT2D eigenvalue weighted by molar-refractivity contribution is -0.141. The summed E-state index contributed by atoms with van der Waals surface area (Å²) in [6, 6.07) is 8.02. The summed E-state index contributed by atoms with van der Waals surface area (Å²) in [5.41, 5.74) is -0.315. The summed E-state index contributed by atoms with van der Waals surface area (Å²) in [6.07, 6.45) is -4.54. The Kier molecular flexibility index (Phi) is 4.51. The quantitative estimate of drug-likeness (QED) is 0.600. The van der Waals surface area contributed by atoms with E-state index in [2.05, 4.69) is 15.4 Å². The van der Waals surface area contributed by atoms with Gasteiger partial charge in [-0.05, 0) is 30.3 Å². The number of aliphatic hydroxyl groups excluding tert-OH is 1. The summed E-state index contributed by atoms with van der Waals surface area (Å²) in [5, 5.41) is 26.2. The Morgan fingerprint density at radius 2 is 2.04 bits per heavy atom. The van der Waals surface area contributed by atoms with E-state index in [0.29, 0.717) is 16.6 Å². The number of anilines is 1. The van der Waals surface area contributed by atoms with Gasteiger partial charge >= 0.3 is 12.1 Å². The van der Waals surface area contributed by atoms with E-state index in [-0.39, 0.29) is 12.2 Å². The van der Waals surface area contributed by atoms with Crippen LogP contribution in [0, 0.1) is 0 Å². The summed E-state index contributed by atoms with van der Waals surface area (Å²) in [6.45, 7) is -0.297. The highest BCUT2D eigenvalue weighted by molar-refractivity contribution is 5.82. The third-order valence-electron chi connectivity index (χ3n) is 3.49. The molecule has 0 saturated carbocycles. The van der Waals surface area contributed by atoms with Crippen molar-refractivity contribution in [3.05, 3.63) is 54.0 Å². The Morgan fingerprint density at radius 3 is 2.73 bits per heavy atom. The Bertz CT molecular complexity index is 955. The minimum atomic E-state index is -4.60. The Balaban J connectivity index is 1.81. The molecule has 7 nitrogen and oxygen atoms in total. The highest BCUT2D eigenvalue weighted by Crippen LogP contribution is 2.28. The number of halogens is 3. The van der Waals surface area contributed by atoms with Crippen molar-refractivity contribution >= 4 is 22.6 Å². The zero-order valence-corrected chi connectivity index (χ0v) is 13.1. The minimum Gasteiger partial charge on any atom is -0.480 e. The van der Waals surface area contributed by atoms with Crippen molar-refractivity contribution in [2.24, 2.45) is 0 Å². The van der Waals surface area contributed by atoms with Gasteiger partial charge in [0.1, 0.15) is 12.2 Å². The molecule has 2 heterocycles. The lowest BCUT2D eigenvalue weighted by Gasteiger charge is -2.15. The van der Waals surface area contributed by atoms with E-state index in [0.717, 1.165) is 12.1 Å². The molecule has 0 bridgehead atoms. The molecular weight excluding hydrogens is 353 g/mol. The molecule has 0 fully saturated rings. The van der Waals surface area contributed by atoms with E-state index in [9.17, 15) is 23.1 Å². The predicted octanol–water partition coefficient (Wildman–Crippen LogP) is 2.64. The summed E-state index contributed by atoms with van der Waals surface area (Å²) in [4.78, 5) is 14.1. The molecule has 0 saturated heterocycles. The maximum absolute atomic E-state index is 12.7. The molecule has 10 heteroatoms. The molecule has 0 radical (unpaired) electrons. The molecule has 3 N–H and O–H groups in total. The number of rotatable bonds is 5. The first-order valence-electron chi connectivity index (χ1n) is 7.40. The molecule has 0 spiro atoms. The summed E-state index contributed by atoms with van der Waals surface area (Å²) in [5.74, 6) is -1.04. The fourth-order valence-electron chi connectivity index (χ4n) is 2.38. The SMILES string of the molecule is O=C(O)Cn1cc2cc(NC(O)c3cccc(C(F)(F)F)n3)ccc2n1. The maximum atomic E-state index is 12.7. The minimum absolute atomic E-state index is 0.179. The van der Waals surface area contributed by atoms with E-state index in [1.165, 1.54) is 16.9 Å². The van der Waals surface area contributed by atoms with Gasteiger partial charge in [0.15, 0.2) is 6.23 Å². The Hall–Kier alpha value is -3.14.